The molecular weight excluding hydrogens is 386 g/mol. The molecule has 5 N–H and O–H groups in total. The molecule has 0 amide bonds. The van der Waals surface area contributed by atoms with Crippen molar-refractivity contribution in [1.82, 2.24) is 0 Å². The summed E-state index contributed by atoms with van der Waals surface area (Å²) < 4.78 is 11.5. The van der Waals surface area contributed by atoms with Crippen molar-refractivity contribution in [2.75, 3.05) is 24.3 Å². The maximum atomic E-state index is 10.3. The minimum Gasteiger partial charge on any atom is -0.461 e. The Balaban J connectivity index is 1.76. The average Bonchev–Trinajstić information content (AvgIpc) is 3.11. The summed E-state index contributed by atoms with van der Waals surface area (Å²) >= 11 is 6.17. The van der Waals surface area contributed by atoms with E-state index in [1.807, 2.05) is 31.2 Å². The maximum Gasteiger partial charge on any atom is 0.229 e. The monoisotopic (exact) mass is 409 g/mol. The quantitative estimate of drug-likeness (QED) is 0.480. The summed E-state index contributed by atoms with van der Waals surface area (Å²) in [6, 6.07) is 7.70. The summed E-state index contributed by atoms with van der Waals surface area (Å²) in [6.45, 7) is 2.24. The molecule has 0 bridgehead atoms. The van der Waals surface area contributed by atoms with E-state index in [-0.39, 0.29) is 5.92 Å². The molecule has 2 aliphatic rings. The SMILES string of the molecule is Cc1cccc2c(O[C@@H]3O[C@H](CO)[C@H](O)[C@H](O)[C@H]3O)cc3c(c12)[C@H](CCl)CN3. The van der Waals surface area contributed by atoms with Crippen molar-refractivity contribution in [2.24, 2.45) is 0 Å². The van der Waals surface area contributed by atoms with Crippen molar-refractivity contribution in [3.63, 3.8) is 0 Å². The van der Waals surface area contributed by atoms with Gasteiger partial charge >= 0.3 is 0 Å². The molecule has 2 heterocycles. The Morgan fingerprint density at radius 1 is 1.21 bits per heavy atom. The largest absolute Gasteiger partial charge is 0.461 e. The molecule has 0 aliphatic carbocycles. The van der Waals surface area contributed by atoms with E-state index in [9.17, 15) is 20.4 Å². The van der Waals surface area contributed by atoms with E-state index in [0.29, 0.717) is 11.6 Å². The van der Waals surface area contributed by atoms with Gasteiger partial charge in [0.05, 0.1) is 6.61 Å². The number of anilines is 1. The fourth-order valence-corrected chi connectivity index (χ4v) is 4.34. The highest BCUT2D eigenvalue weighted by atomic mass is 35.5. The Morgan fingerprint density at radius 2 is 2.00 bits per heavy atom. The zero-order chi connectivity index (χ0) is 20.0. The molecule has 8 heteroatoms. The highest BCUT2D eigenvalue weighted by Crippen LogP contribution is 2.44. The van der Waals surface area contributed by atoms with Gasteiger partial charge in [-0.05, 0) is 23.4 Å². The number of aryl methyl sites for hydroxylation is 1. The number of fused-ring (bicyclic) bond motifs is 3. The first-order chi connectivity index (χ1) is 13.5. The van der Waals surface area contributed by atoms with E-state index in [4.69, 9.17) is 21.1 Å². The minimum absolute atomic E-state index is 0.182. The van der Waals surface area contributed by atoms with Gasteiger partial charge in [-0.1, -0.05) is 18.2 Å². The van der Waals surface area contributed by atoms with Crippen LogP contribution in [0.15, 0.2) is 24.3 Å². The molecule has 2 aromatic carbocycles. The summed E-state index contributed by atoms with van der Waals surface area (Å²) in [7, 11) is 0. The topological polar surface area (TPSA) is 111 Å². The van der Waals surface area contributed by atoms with Crippen LogP contribution in [-0.4, -0.2) is 70.2 Å². The normalized spacial score (nSPS) is 32.2. The number of rotatable bonds is 4. The number of aliphatic hydroxyl groups excluding tert-OH is 4. The van der Waals surface area contributed by atoms with Gasteiger partial charge in [-0.2, -0.15) is 0 Å². The molecule has 4 rings (SSSR count). The molecule has 1 fully saturated rings. The van der Waals surface area contributed by atoms with Crippen LogP contribution in [0.4, 0.5) is 5.69 Å². The second kappa shape index (κ2) is 7.67. The summed E-state index contributed by atoms with van der Waals surface area (Å²) in [5.74, 6) is 1.15. The van der Waals surface area contributed by atoms with Crippen molar-refractivity contribution < 1.29 is 29.9 Å². The first-order valence-electron chi connectivity index (χ1n) is 9.29. The van der Waals surface area contributed by atoms with Gasteiger partial charge in [0.1, 0.15) is 30.2 Å². The van der Waals surface area contributed by atoms with Gasteiger partial charge in [-0.25, -0.2) is 0 Å². The van der Waals surface area contributed by atoms with Crippen molar-refractivity contribution in [3.05, 3.63) is 35.4 Å². The Bertz CT molecular complexity index is 875. The maximum absolute atomic E-state index is 10.3. The van der Waals surface area contributed by atoms with Crippen LogP contribution >= 0.6 is 11.6 Å². The Hall–Kier alpha value is -1.61. The molecular formula is C20H24ClNO6. The van der Waals surface area contributed by atoms with Gasteiger partial charge in [0.15, 0.2) is 0 Å². The lowest BCUT2D eigenvalue weighted by molar-refractivity contribution is -0.277. The molecule has 0 unspecified atom stereocenters. The number of hydrogen-bond donors (Lipinski definition) is 5. The van der Waals surface area contributed by atoms with Crippen LogP contribution in [-0.2, 0) is 4.74 Å². The van der Waals surface area contributed by atoms with Crippen molar-refractivity contribution >= 4 is 28.1 Å². The standard InChI is InChI=1S/C20H24ClNO6/c1-9-3-2-4-11-13(5-12-16(15(9)11)10(6-21)7-22-12)27-20-19(26)18(25)17(24)14(8-23)28-20/h2-5,10,14,17-20,22-26H,6-8H2,1H3/t10-,14-,17+,18+,19-,20-/m1/s1. The van der Waals surface area contributed by atoms with Crippen LogP contribution in [0.1, 0.15) is 17.0 Å². The van der Waals surface area contributed by atoms with E-state index in [1.165, 1.54) is 0 Å². The second-order valence-corrected chi connectivity index (χ2v) is 7.69. The molecule has 0 spiro atoms. The number of aliphatic hydroxyl groups is 4. The van der Waals surface area contributed by atoms with Crippen LogP contribution in [0.3, 0.4) is 0 Å². The van der Waals surface area contributed by atoms with Crippen LogP contribution in [0.25, 0.3) is 10.8 Å². The molecule has 7 nitrogen and oxygen atoms in total. The number of hydrogen-bond acceptors (Lipinski definition) is 7. The molecule has 2 aliphatic heterocycles. The number of benzene rings is 2. The van der Waals surface area contributed by atoms with Crippen LogP contribution in [0.5, 0.6) is 5.75 Å². The Kier molecular flexibility index (Phi) is 5.39. The molecule has 1 saturated heterocycles. The molecule has 28 heavy (non-hydrogen) atoms. The third kappa shape index (κ3) is 3.12. The van der Waals surface area contributed by atoms with Crippen LogP contribution in [0.2, 0.25) is 0 Å². The number of nitrogens with one attached hydrogen (secondary N) is 1. The summed E-state index contributed by atoms with van der Waals surface area (Å²) in [5.41, 5.74) is 3.13. The molecule has 152 valence electrons. The predicted molar refractivity (Wildman–Crippen MR) is 105 cm³/mol. The van der Waals surface area contributed by atoms with E-state index in [1.54, 1.807) is 0 Å². The van der Waals surface area contributed by atoms with Crippen molar-refractivity contribution in [2.45, 2.75) is 43.5 Å². The fourth-order valence-electron chi connectivity index (χ4n) is 4.08. The number of ether oxygens (including phenoxy) is 2. The minimum atomic E-state index is -1.49. The fraction of sp³-hybridized carbons (Fsp3) is 0.500. The van der Waals surface area contributed by atoms with Gasteiger partial charge in [-0.15, -0.1) is 11.6 Å². The van der Waals surface area contributed by atoms with E-state index < -0.39 is 37.3 Å². The van der Waals surface area contributed by atoms with Crippen molar-refractivity contribution in [1.29, 1.82) is 0 Å². The third-order valence-corrected chi connectivity index (χ3v) is 5.97. The lowest BCUT2D eigenvalue weighted by atomic mass is 9.92. The average molecular weight is 410 g/mol. The lowest BCUT2D eigenvalue weighted by Gasteiger charge is -2.39. The summed E-state index contributed by atoms with van der Waals surface area (Å²) in [5, 5.41) is 44.9. The Morgan fingerprint density at radius 3 is 2.71 bits per heavy atom. The van der Waals surface area contributed by atoms with Gasteiger partial charge in [0.2, 0.25) is 6.29 Å². The molecule has 6 atom stereocenters. The number of halogens is 1. The van der Waals surface area contributed by atoms with Crippen molar-refractivity contribution in [3.8, 4) is 5.75 Å². The zero-order valence-corrected chi connectivity index (χ0v) is 16.1. The van der Waals surface area contributed by atoms with E-state index in [0.717, 1.165) is 34.1 Å². The first-order valence-corrected chi connectivity index (χ1v) is 9.83. The molecule has 0 aromatic heterocycles. The lowest BCUT2D eigenvalue weighted by Crippen LogP contribution is -2.60. The summed E-state index contributed by atoms with van der Waals surface area (Å²) in [4.78, 5) is 0. The Labute approximate surface area is 167 Å². The highest BCUT2D eigenvalue weighted by Gasteiger charge is 2.45. The second-order valence-electron chi connectivity index (χ2n) is 7.38. The predicted octanol–water partition coefficient (Wildman–Crippen LogP) is 1.07. The van der Waals surface area contributed by atoms with Gasteiger partial charge in [0, 0.05) is 35.5 Å². The van der Waals surface area contributed by atoms with E-state index >= 15 is 0 Å². The molecule has 0 saturated carbocycles. The van der Waals surface area contributed by atoms with Gasteiger partial charge in [-0.3, -0.25) is 0 Å². The van der Waals surface area contributed by atoms with Crippen LogP contribution in [0, 0.1) is 6.92 Å². The summed E-state index contributed by atoms with van der Waals surface area (Å²) in [6.07, 6.45) is -6.64. The number of alkyl halides is 1. The third-order valence-electron chi connectivity index (χ3n) is 5.60. The zero-order valence-electron chi connectivity index (χ0n) is 15.4. The van der Waals surface area contributed by atoms with E-state index in [2.05, 4.69) is 5.32 Å². The van der Waals surface area contributed by atoms with Crippen LogP contribution < -0.4 is 10.1 Å². The highest BCUT2D eigenvalue weighted by molar-refractivity contribution is 6.18. The van der Waals surface area contributed by atoms with Gasteiger partial charge < -0.3 is 35.2 Å². The molecule has 0 radical (unpaired) electrons. The van der Waals surface area contributed by atoms with Gasteiger partial charge in [0.25, 0.3) is 0 Å². The molecule has 2 aromatic rings. The first kappa shape index (κ1) is 19.7. The smallest absolute Gasteiger partial charge is 0.229 e.